The zero-order chi connectivity index (χ0) is 13.8. The van der Waals surface area contributed by atoms with Crippen LogP contribution in [-0.4, -0.2) is 22.1 Å². The number of benzene rings is 1. The van der Waals surface area contributed by atoms with E-state index in [0.717, 1.165) is 5.82 Å². The highest BCUT2D eigenvalue weighted by Gasteiger charge is 2.13. The van der Waals surface area contributed by atoms with Crippen LogP contribution in [0, 0.1) is 6.92 Å². The molecule has 0 spiro atoms. The van der Waals surface area contributed by atoms with Gasteiger partial charge in [-0.1, -0.05) is 6.07 Å². The van der Waals surface area contributed by atoms with Crippen molar-refractivity contribution in [2.75, 3.05) is 12.3 Å². The molecule has 5 nitrogen and oxygen atoms in total. The minimum absolute atomic E-state index is 0.289. The van der Waals surface area contributed by atoms with Crippen molar-refractivity contribution < 1.29 is 9.53 Å². The van der Waals surface area contributed by atoms with Gasteiger partial charge in [-0.2, -0.15) is 0 Å². The maximum atomic E-state index is 11.9. The van der Waals surface area contributed by atoms with E-state index in [-0.39, 0.29) is 6.61 Å². The number of carbonyl (C=O) groups is 1. The molecule has 1 aromatic heterocycles. The first-order chi connectivity index (χ1) is 9.09. The summed E-state index contributed by atoms with van der Waals surface area (Å²) in [5.41, 5.74) is 6.66. The van der Waals surface area contributed by atoms with Gasteiger partial charge in [0.05, 0.1) is 16.6 Å². The fourth-order valence-electron chi connectivity index (χ4n) is 1.66. The van der Waals surface area contributed by atoms with Crippen molar-refractivity contribution in [1.29, 1.82) is 0 Å². The highest BCUT2D eigenvalue weighted by Crippen LogP contribution is 2.24. The van der Waals surface area contributed by atoms with Gasteiger partial charge < -0.3 is 15.0 Å². The summed E-state index contributed by atoms with van der Waals surface area (Å²) in [6.45, 7) is 2.77. The minimum atomic E-state index is -0.392. The van der Waals surface area contributed by atoms with E-state index in [1.165, 1.54) is 0 Å². The van der Waals surface area contributed by atoms with Gasteiger partial charge in [-0.25, -0.2) is 9.78 Å². The Morgan fingerprint density at radius 1 is 1.53 bits per heavy atom. The first kappa shape index (κ1) is 13.6. The summed E-state index contributed by atoms with van der Waals surface area (Å²) in [6.07, 6.45) is 3.56. The SMILES string of the molecule is Cc1nccn1CCOC(=O)c1cccc(N)c1Br. The number of esters is 1. The van der Waals surface area contributed by atoms with E-state index in [1.807, 2.05) is 17.7 Å². The quantitative estimate of drug-likeness (QED) is 0.692. The first-order valence-electron chi connectivity index (χ1n) is 5.78. The van der Waals surface area contributed by atoms with Gasteiger partial charge in [0.25, 0.3) is 0 Å². The lowest BCUT2D eigenvalue weighted by Gasteiger charge is -2.09. The second-order valence-corrected chi connectivity index (χ2v) is 4.81. The summed E-state index contributed by atoms with van der Waals surface area (Å²) in [5, 5.41) is 0. The number of halogens is 1. The van der Waals surface area contributed by atoms with Crippen molar-refractivity contribution in [3.63, 3.8) is 0 Å². The molecule has 100 valence electrons. The standard InChI is InChI=1S/C13H14BrN3O2/c1-9-16-5-6-17(9)7-8-19-13(18)10-3-2-4-11(15)12(10)14/h2-6H,7-8,15H2,1H3. The highest BCUT2D eigenvalue weighted by atomic mass is 79.9. The van der Waals surface area contributed by atoms with E-state index in [2.05, 4.69) is 20.9 Å². The number of aromatic nitrogens is 2. The predicted molar refractivity (Wildman–Crippen MR) is 75.8 cm³/mol. The molecule has 0 amide bonds. The zero-order valence-corrected chi connectivity index (χ0v) is 12.1. The van der Waals surface area contributed by atoms with Crippen molar-refractivity contribution >= 4 is 27.6 Å². The number of nitrogen functional groups attached to an aromatic ring is 1. The van der Waals surface area contributed by atoms with Crippen LogP contribution in [0.4, 0.5) is 5.69 Å². The number of imidazole rings is 1. The van der Waals surface area contributed by atoms with Crippen molar-refractivity contribution in [3.8, 4) is 0 Å². The Labute approximate surface area is 119 Å². The van der Waals surface area contributed by atoms with Crippen LogP contribution in [0.2, 0.25) is 0 Å². The molecule has 1 aromatic carbocycles. The summed E-state index contributed by atoms with van der Waals surface area (Å²) in [4.78, 5) is 16.0. The van der Waals surface area contributed by atoms with E-state index in [0.29, 0.717) is 22.3 Å². The third-order valence-corrected chi connectivity index (χ3v) is 3.62. The number of ether oxygens (including phenoxy) is 1. The first-order valence-corrected chi connectivity index (χ1v) is 6.57. The average Bonchev–Trinajstić information content (AvgIpc) is 2.78. The largest absolute Gasteiger partial charge is 0.460 e. The van der Waals surface area contributed by atoms with Crippen LogP contribution in [0.25, 0.3) is 0 Å². The van der Waals surface area contributed by atoms with Crippen LogP contribution in [0.1, 0.15) is 16.2 Å². The Morgan fingerprint density at radius 3 is 3.00 bits per heavy atom. The fourth-order valence-corrected chi connectivity index (χ4v) is 2.09. The van der Waals surface area contributed by atoms with Crippen molar-refractivity contribution in [3.05, 3.63) is 46.5 Å². The number of nitrogens with two attached hydrogens (primary N) is 1. The minimum Gasteiger partial charge on any atom is -0.460 e. The topological polar surface area (TPSA) is 70.1 Å². The number of anilines is 1. The molecule has 0 atom stereocenters. The Kier molecular flexibility index (Phi) is 4.21. The summed E-state index contributed by atoms with van der Waals surface area (Å²) in [5.74, 6) is 0.498. The maximum Gasteiger partial charge on any atom is 0.339 e. The van der Waals surface area contributed by atoms with E-state index in [9.17, 15) is 4.79 Å². The molecule has 6 heteroatoms. The summed E-state index contributed by atoms with van der Waals surface area (Å²) in [7, 11) is 0. The summed E-state index contributed by atoms with van der Waals surface area (Å²) >= 11 is 3.28. The van der Waals surface area contributed by atoms with E-state index in [1.54, 1.807) is 24.4 Å². The molecule has 0 unspecified atom stereocenters. The van der Waals surface area contributed by atoms with Crippen LogP contribution < -0.4 is 5.73 Å². The molecular weight excluding hydrogens is 310 g/mol. The van der Waals surface area contributed by atoms with Gasteiger partial charge >= 0.3 is 5.97 Å². The summed E-state index contributed by atoms with van der Waals surface area (Å²) < 4.78 is 7.71. The molecule has 2 rings (SSSR count). The Bertz CT molecular complexity index is 595. The molecule has 1 heterocycles. The van der Waals surface area contributed by atoms with Crippen molar-refractivity contribution in [2.24, 2.45) is 0 Å². The summed E-state index contributed by atoms with van der Waals surface area (Å²) in [6, 6.07) is 5.11. The van der Waals surface area contributed by atoms with E-state index >= 15 is 0 Å². The Balaban J connectivity index is 1.95. The third kappa shape index (κ3) is 3.14. The number of rotatable bonds is 4. The van der Waals surface area contributed by atoms with Crippen LogP contribution in [0.3, 0.4) is 0 Å². The number of carbonyl (C=O) groups excluding carboxylic acids is 1. The number of aryl methyl sites for hydroxylation is 1. The highest BCUT2D eigenvalue weighted by molar-refractivity contribution is 9.10. The zero-order valence-electron chi connectivity index (χ0n) is 10.5. The molecule has 0 saturated carbocycles. The maximum absolute atomic E-state index is 11.9. The number of nitrogens with zero attached hydrogens (tertiary/aromatic N) is 2. The van der Waals surface area contributed by atoms with Gasteiger partial charge in [-0.15, -0.1) is 0 Å². The lowest BCUT2D eigenvalue weighted by Crippen LogP contribution is -2.12. The number of hydrogen-bond acceptors (Lipinski definition) is 4. The second-order valence-electron chi connectivity index (χ2n) is 4.01. The Hall–Kier alpha value is -1.82. The van der Waals surface area contributed by atoms with Gasteiger partial charge in [0.1, 0.15) is 12.4 Å². The van der Waals surface area contributed by atoms with E-state index < -0.39 is 5.97 Å². The molecule has 0 saturated heterocycles. The van der Waals surface area contributed by atoms with Gasteiger partial charge in [0, 0.05) is 18.1 Å². The van der Waals surface area contributed by atoms with Crippen molar-refractivity contribution in [1.82, 2.24) is 9.55 Å². The van der Waals surface area contributed by atoms with Gasteiger partial charge in [-0.3, -0.25) is 0 Å². The molecule has 2 aromatic rings. The lowest BCUT2D eigenvalue weighted by atomic mass is 10.2. The molecule has 19 heavy (non-hydrogen) atoms. The fraction of sp³-hybridized carbons (Fsp3) is 0.231. The number of hydrogen-bond donors (Lipinski definition) is 1. The van der Waals surface area contributed by atoms with Gasteiger partial charge in [-0.05, 0) is 35.0 Å². The smallest absolute Gasteiger partial charge is 0.339 e. The predicted octanol–water partition coefficient (Wildman–Crippen LogP) is 2.39. The second kappa shape index (κ2) is 5.88. The van der Waals surface area contributed by atoms with E-state index in [4.69, 9.17) is 10.5 Å². The molecular formula is C13H14BrN3O2. The molecule has 0 aliphatic carbocycles. The van der Waals surface area contributed by atoms with Gasteiger partial charge in [0.2, 0.25) is 0 Å². The van der Waals surface area contributed by atoms with Crippen molar-refractivity contribution in [2.45, 2.75) is 13.5 Å². The monoisotopic (exact) mass is 323 g/mol. The molecule has 0 radical (unpaired) electrons. The average molecular weight is 324 g/mol. The molecule has 2 N–H and O–H groups in total. The normalized spacial score (nSPS) is 10.4. The molecule has 0 aliphatic heterocycles. The van der Waals surface area contributed by atoms with Crippen LogP contribution in [0.15, 0.2) is 35.1 Å². The molecule has 0 bridgehead atoms. The van der Waals surface area contributed by atoms with Crippen LogP contribution in [0.5, 0.6) is 0 Å². The lowest BCUT2D eigenvalue weighted by molar-refractivity contribution is 0.0489. The Morgan fingerprint density at radius 2 is 2.32 bits per heavy atom. The molecule has 0 fully saturated rings. The van der Waals surface area contributed by atoms with Crippen LogP contribution >= 0.6 is 15.9 Å². The van der Waals surface area contributed by atoms with Crippen LogP contribution in [-0.2, 0) is 11.3 Å². The molecule has 0 aliphatic rings. The third-order valence-electron chi connectivity index (χ3n) is 2.74. The van der Waals surface area contributed by atoms with Gasteiger partial charge in [0.15, 0.2) is 0 Å².